The summed E-state index contributed by atoms with van der Waals surface area (Å²) >= 11 is 0. The molecule has 0 bridgehead atoms. The van der Waals surface area contributed by atoms with E-state index >= 15 is 0 Å². The van der Waals surface area contributed by atoms with Gasteiger partial charge < -0.3 is 19.9 Å². The molecule has 0 spiro atoms. The number of nitrogens with one attached hydrogen (secondary N) is 1. The third-order valence-electron chi connectivity index (χ3n) is 5.26. The molecule has 6 nitrogen and oxygen atoms in total. The summed E-state index contributed by atoms with van der Waals surface area (Å²) < 4.78 is 5.62. The van der Waals surface area contributed by atoms with Crippen LogP contribution in [0.25, 0.3) is 11.1 Å². The van der Waals surface area contributed by atoms with Gasteiger partial charge in [0.05, 0.1) is 24.8 Å². The van der Waals surface area contributed by atoms with Gasteiger partial charge in [0.2, 0.25) is 11.8 Å². The molecule has 146 valence electrons. The Morgan fingerprint density at radius 1 is 1.07 bits per heavy atom. The molecule has 2 aliphatic heterocycles. The summed E-state index contributed by atoms with van der Waals surface area (Å²) in [5.41, 5.74) is 3.00. The Morgan fingerprint density at radius 3 is 2.61 bits per heavy atom. The fourth-order valence-electron chi connectivity index (χ4n) is 3.79. The van der Waals surface area contributed by atoms with Crippen LogP contribution in [0.5, 0.6) is 0 Å². The molecule has 0 aliphatic carbocycles. The average molecular weight is 379 g/mol. The fraction of sp³-hybridized carbons (Fsp3) is 0.364. The van der Waals surface area contributed by atoms with Crippen molar-refractivity contribution in [2.75, 3.05) is 44.2 Å². The summed E-state index contributed by atoms with van der Waals surface area (Å²) in [6.07, 6.45) is 0.217. The number of amides is 2. The van der Waals surface area contributed by atoms with Crippen LogP contribution in [0.15, 0.2) is 54.6 Å². The Balaban J connectivity index is 1.45. The zero-order valence-electron chi connectivity index (χ0n) is 15.8. The number of hydrogen-bond donors (Lipinski definition) is 1. The molecule has 2 amide bonds. The monoisotopic (exact) mass is 379 g/mol. The van der Waals surface area contributed by atoms with Crippen molar-refractivity contribution in [3.63, 3.8) is 0 Å². The van der Waals surface area contributed by atoms with Gasteiger partial charge in [0.15, 0.2) is 0 Å². The van der Waals surface area contributed by atoms with Crippen LogP contribution in [0, 0.1) is 0 Å². The van der Waals surface area contributed by atoms with Crippen LogP contribution in [-0.2, 0) is 14.3 Å². The first-order chi connectivity index (χ1) is 13.7. The van der Waals surface area contributed by atoms with Crippen LogP contribution in [0.3, 0.4) is 0 Å². The molecule has 2 aromatic carbocycles. The van der Waals surface area contributed by atoms with Gasteiger partial charge in [0.25, 0.3) is 0 Å². The van der Waals surface area contributed by atoms with E-state index in [1.807, 2.05) is 54.6 Å². The molecule has 2 aliphatic rings. The number of morpholine rings is 1. The first-order valence-electron chi connectivity index (χ1n) is 9.77. The third-order valence-corrected chi connectivity index (χ3v) is 5.26. The molecule has 0 aromatic heterocycles. The third kappa shape index (κ3) is 4.08. The quantitative estimate of drug-likeness (QED) is 0.882. The van der Waals surface area contributed by atoms with E-state index < -0.39 is 0 Å². The number of ether oxygens (including phenoxy) is 1. The summed E-state index contributed by atoms with van der Waals surface area (Å²) in [5.74, 6) is -0.0660. The minimum Gasteiger partial charge on any atom is -0.375 e. The van der Waals surface area contributed by atoms with Gasteiger partial charge in [-0.15, -0.1) is 0 Å². The molecule has 1 unspecified atom stereocenters. The van der Waals surface area contributed by atoms with E-state index in [1.165, 1.54) is 0 Å². The Morgan fingerprint density at radius 2 is 1.86 bits per heavy atom. The van der Waals surface area contributed by atoms with E-state index in [9.17, 15) is 9.59 Å². The number of hydrogen-bond acceptors (Lipinski definition) is 4. The highest BCUT2D eigenvalue weighted by molar-refractivity contribution is 6.01. The van der Waals surface area contributed by atoms with Gasteiger partial charge in [-0.05, 0) is 11.6 Å². The number of rotatable bonds is 4. The molecule has 2 saturated heterocycles. The summed E-state index contributed by atoms with van der Waals surface area (Å²) in [7, 11) is 0. The lowest BCUT2D eigenvalue weighted by Crippen LogP contribution is -2.53. The zero-order chi connectivity index (χ0) is 19.3. The van der Waals surface area contributed by atoms with E-state index in [1.54, 1.807) is 9.80 Å². The summed E-state index contributed by atoms with van der Waals surface area (Å²) in [6, 6.07) is 18.0. The SMILES string of the molecule is O=C(CC1CNCCO1)N1CCN(c2ccccc2-c2ccccc2)C(=O)C1. The van der Waals surface area contributed by atoms with Gasteiger partial charge in [-0.3, -0.25) is 9.59 Å². The summed E-state index contributed by atoms with van der Waals surface area (Å²) in [5, 5.41) is 3.23. The molecule has 2 heterocycles. The van der Waals surface area contributed by atoms with E-state index in [0.29, 0.717) is 32.7 Å². The maximum absolute atomic E-state index is 12.9. The zero-order valence-corrected chi connectivity index (χ0v) is 15.8. The number of carbonyl (C=O) groups is 2. The van der Waals surface area contributed by atoms with E-state index in [0.717, 1.165) is 23.4 Å². The van der Waals surface area contributed by atoms with Crippen molar-refractivity contribution < 1.29 is 14.3 Å². The van der Waals surface area contributed by atoms with Crippen molar-refractivity contribution in [1.29, 1.82) is 0 Å². The number of benzene rings is 2. The highest BCUT2D eigenvalue weighted by Gasteiger charge is 2.30. The molecule has 2 fully saturated rings. The number of carbonyl (C=O) groups excluding carboxylic acids is 2. The van der Waals surface area contributed by atoms with Crippen LogP contribution in [0.2, 0.25) is 0 Å². The standard InChI is InChI=1S/C22H25N3O3/c26-21(14-18-15-23-10-13-28-18)24-11-12-25(22(27)16-24)20-9-5-4-8-19(20)17-6-2-1-3-7-17/h1-9,18,23H,10-16H2. The Kier molecular flexibility index (Phi) is 5.69. The Hall–Kier alpha value is -2.70. The highest BCUT2D eigenvalue weighted by Crippen LogP contribution is 2.31. The van der Waals surface area contributed by atoms with Crippen molar-refractivity contribution in [1.82, 2.24) is 10.2 Å². The van der Waals surface area contributed by atoms with Gasteiger partial charge >= 0.3 is 0 Å². The van der Waals surface area contributed by atoms with Crippen molar-refractivity contribution in [3.05, 3.63) is 54.6 Å². The fourth-order valence-corrected chi connectivity index (χ4v) is 3.79. The minimum absolute atomic E-state index is 0.0157. The van der Waals surface area contributed by atoms with Crippen LogP contribution in [0.4, 0.5) is 5.69 Å². The van der Waals surface area contributed by atoms with Crippen LogP contribution < -0.4 is 10.2 Å². The molecule has 4 rings (SSSR count). The topological polar surface area (TPSA) is 61.9 Å². The second-order valence-electron chi connectivity index (χ2n) is 7.14. The lowest BCUT2D eigenvalue weighted by atomic mass is 10.0. The lowest BCUT2D eigenvalue weighted by Gasteiger charge is -2.36. The van der Waals surface area contributed by atoms with Crippen molar-refractivity contribution in [2.45, 2.75) is 12.5 Å². The highest BCUT2D eigenvalue weighted by atomic mass is 16.5. The number of para-hydroxylation sites is 1. The molecule has 2 aromatic rings. The Bertz CT molecular complexity index is 834. The maximum Gasteiger partial charge on any atom is 0.246 e. The molecule has 0 saturated carbocycles. The van der Waals surface area contributed by atoms with Gasteiger partial charge in [0.1, 0.15) is 6.54 Å². The predicted molar refractivity (Wildman–Crippen MR) is 108 cm³/mol. The van der Waals surface area contributed by atoms with Crippen molar-refractivity contribution in [3.8, 4) is 11.1 Å². The minimum atomic E-state index is -0.104. The van der Waals surface area contributed by atoms with Gasteiger partial charge in [-0.1, -0.05) is 48.5 Å². The molecule has 6 heteroatoms. The summed E-state index contributed by atoms with van der Waals surface area (Å²) in [4.78, 5) is 28.9. The van der Waals surface area contributed by atoms with Crippen LogP contribution in [0.1, 0.15) is 6.42 Å². The van der Waals surface area contributed by atoms with E-state index in [4.69, 9.17) is 4.74 Å². The predicted octanol–water partition coefficient (Wildman–Crippen LogP) is 1.91. The van der Waals surface area contributed by atoms with Crippen LogP contribution in [-0.4, -0.2) is 62.1 Å². The number of nitrogens with zero attached hydrogens (tertiary/aromatic N) is 2. The molecule has 28 heavy (non-hydrogen) atoms. The summed E-state index contributed by atoms with van der Waals surface area (Å²) in [6.45, 7) is 3.28. The van der Waals surface area contributed by atoms with Crippen molar-refractivity contribution >= 4 is 17.5 Å². The average Bonchev–Trinajstić information content (AvgIpc) is 2.75. The normalized spacial score (nSPS) is 20.3. The molecule has 1 atom stereocenters. The van der Waals surface area contributed by atoms with Gasteiger partial charge in [-0.2, -0.15) is 0 Å². The molecular formula is C22H25N3O3. The molecule has 1 N–H and O–H groups in total. The first-order valence-corrected chi connectivity index (χ1v) is 9.77. The number of piperazine rings is 1. The smallest absolute Gasteiger partial charge is 0.246 e. The molecule has 0 radical (unpaired) electrons. The second kappa shape index (κ2) is 8.54. The number of anilines is 1. The van der Waals surface area contributed by atoms with Crippen molar-refractivity contribution in [2.24, 2.45) is 0 Å². The largest absolute Gasteiger partial charge is 0.375 e. The van der Waals surface area contributed by atoms with E-state index in [2.05, 4.69) is 5.32 Å². The maximum atomic E-state index is 12.9. The Labute approximate surface area is 165 Å². The van der Waals surface area contributed by atoms with Gasteiger partial charge in [-0.25, -0.2) is 0 Å². The second-order valence-corrected chi connectivity index (χ2v) is 7.14. The lowest BCUT2D eigenvalue weighted by molar-refractivity contribution is -0.139. The molecular weight excluding hydrogens is 354 g/mol. The van der Waals surface area contributed by atoms with Gasteiger partial charge in [0, 0.05) is 31.7 Å². The first kappa shape index (κ1) is 18.7. The van der Waals surface area contributed by atoms with E-state index in [-0.39, 0.29) is 24.5 Å². The van der Waals surface area contributed by atoms with Crippen LogP contribution >= 0.6 is 0 Å².